The Kier molecular flexibility index (Phi) is 6.00. The molecule has 1 fully saturated rings. The Hall–Kier alpha value is -1.61. The molecule has 0 radical (unpaired) electrons. The van der Waals surface area contributed by atoms with Crippen molar-refractivity contribution in [3.05, 3.63) is 47.2 Å². The van der Waals surface area contributed by atoms with Crippen molar-refractivity contribution in [3.8, 4) is 5.88 Å². The summed E-state index contributed by atoms with van der Waals surface area (Å²) in [6, 6.07) is 3.79. The first kappa shape index (κ1) is 15.8. The van der Waals surface area contributed by atoms with E-state index in [4.69, 9.17) is 16.3 Å². The second kappa shape index (κ2) is 7.99. The summed E-state index contributed by atoms with van der Waals surface area (Å²) in [5.74, 6) is 1.44. The third-order valence-electron chi connectivity index (χ3n) is 3.67. The molecule has 2 rings (SSSR count). The molecule has 1 aromatic rings. The van der Waals surface area contributed by atoms with Gasteiger partial charge in [-0.1, -0.05) is 48.7 Å². The molecule has 0 aliphatic heterocycles. The summed E-state index contributed by atoms with van der Waals surface area (Å²) in [5, 5.41) is 8.26. The molecule has 0 unspecified atom stereocenters. The van der Waals surface area contributed by atoms with Crippen LogP contribution in [0.15, 0.2) is 41.5 Å². The number of rotatable bonds is 6. The topological polar surface area (TPSA) is 35.0 Å². The van der Waals surface area contributed by atoms with E-state index in [2.05, 4.69) is 17.1 Å². The number of hydrogen-bond donors (Lipinski definition) is 0. The molecule has 1 heterocycles. The predicted molar refractivity (Wildman–Crippen MR) is 87.2 cm³/mol. The lowest BCUT2D eigenvalue weighted by molar-refractivity contribution is 0.0582. The van der Waals surface area contributed by atoms with Crippen molar-refractivity contribution < 1.29 is 4.74 Å². The molecule has 1 aliphatic rings. The van der Waals surface area contributed by atoms with E-state index < -0.39 is 0 Å². The van der Waals surface area contributed by atoms with Crippen molar-refractivity contribution in [1.82, 2.24) is 10.2 Å². The molecule has 0 bridgehead atoms. The van der Waals surface area contributed by atoms with E-state index in [0.29, 0.717) is 12.0 Å². The van der Waals surface area contributed by atoms with Crippen molar-refractivity contribution in [2.45, 2.75) is 39.2 Å². The van der Waals surface area contributed by atoms with Crippen molar-refractivity contribution in [3.63, 3.8) is 0 Å². The van der Waals surface area contributed by atoms with Crippen LogP contribution in [0.25, 0.3) is 6.08 Å². The summed E-state index contributed by atoms with van der Waals surface area (Å²) < 4.78 is 5.78. The fourth-order valence-corrected chi connectivity index (χ4v) is 2.29. The SMILES string of the molecule is CCC1CC(Oc2ccc(/C=C/C(C)=C\C=C\Cl)nn2)C1. The van der Waals surface area contributed by atoms with Gasteiger partial charge in [0.25, 0.3) is 0 Å². The smallest absolute Gasteiger partial charge is 0.233 e. The highest BCUT2D eigenvalue weighted by atomic mass is 35.5. The Morgan fingerprint density at radius 3 is 2.81 bits per heavy atom. The molecule has 0 amide bonds. The van der Waals surface area contributed by atoms with Crippen LogP contribution in [0, 0.1) is 5.92 Å². The van der Waals surface area contributed by atoms with Crippen LogP contribution in [0.2, 0.25) is 0 Å². The van der Waals surface area contributed by atoms with Crippen molar-refractivity contribution in [2.75, 3.05) is 0 Å². The Balaban J connectivity index is 1.86. The van der Waals surface area contributed by atoms with Crippen LogP contribution >= 0.6 is 11.6 Å². The summed E-state index contributed by atoms with van der Waals surface area (Å²) in [5.41, 5.74) is 3.38. The van der Waals surface area contributed by atoms with E-state index in [1.807, 2.05) is 37.3 Å². The minimum atomic E-state index is 0.318. The minimum absolute atomic E-state index is 0.318. The van der Waals surface area contributed by atoms with Crippen LogP contribution in [0.3, 0.4) is 0 Å². The van der Waals surface area contributed by atoms with Gasteiger partial charge in [0.1, 0.15) is 6.10 Å². The van der Waals surface area contributed by atoms with Crippen molar-refractivity contribution in [1.29, 1.82) is 0 Å². The van der Waals surface area contributed by atoms with Crippen LogP contribution in [-0.4, -0.2) is 16.3 Å². The molecule has 3 nitrogen and oxygen atoms in total. The highest BCUT2D eigenvalue weighted by Gasteiger charge is 2.29. The molecule has 1 aliphatic carbocycles. The van der Waals surface area contributed by atoms with Crippen LogP contribution in [0.4, 0.5) is 0 Å². The zero-order chi connectivity index (χ0) is 15.1. The second-order valence-corrected chi connectivity index (χ2v) is 5.60. The van der Waals surface area contributed by atoms with Gasteiger partial charge in [0, 0.05) is 11.6 Å². The average molecular weight is 305 g/mol. The lowest BCUT2D eigenvalue weighted by Crippen LogP contribution is -2.33. The second-order valence-electron chi connectivity index (χ2n) is 5.34. The monoisotopic (exact) mass is 304 g/mol. The Morgan fingerprint density at radius 2 is 2.19 bits per heavy atom. The highest BCUT2D eigenvalue weighted by Crippen LogP contribution is 2.32. The predicted octanol–water partition coefficient (Wildman–Crippen LogP) is 4.76. The van der Waals surface area contributed by atoms with Gasteiger partial charge in [-0.15, -0.1) is 10.2 Å². The van der Waals surface area contributed by atoms with Gasteiger partial charge in [-0.2, -0.15) is 0 Å². The zero-order valence-electron chi connectivity index (χ0n) is 12.5. The maximum atomic E-state index is 5.78. The van der Waals surface area contributed by atoms with Gasteiger partial charge in [-0.3, -0.25) is 0 Å². The lowest BCUT2D eigenvalue weighted by atomic mass is 9.80. The van der Waals surface area contributed by atoms with E-state index >= 15 is 0 Å². The summed E-state index contributed by atoms with van der Waals surface area (Å²) >= 11 is 5.47. The lowest BCUT2D eigenvalue weighted by Gasteiger charge is -2.34. The number of hydrogen-bond acceptors (Lipinski definition) is 3. The summed E-state index contributed by atoms with van der Waals surface area (Å²) in [7, 11) is 0. The van der Waals surface area contributed by atoms with Crippen molar-refractivity contribution in [2.24, 2.45) is 5.92 Å². The molecule has 4 heteroatoms. The first-order valence-electron chi connectivity index (χ1n) is 7.33. The van der Waals surface area contributed by atoms with E-state index in [1.165, 1.54) is 12.0 Å². The van der Waals surface area contributed by atoms with Gasteiger partial charge >= 0.3 is 0 Å². The largest absolute Gasteiger partial charge is 0.473 e. The molecule has 112 valence electrons. The number of ether oxygens (including phenoxy) is 1. The number of nitrogens with zero attached hydrogens (tertiary/aromatic N) is 2. The number of halogens is 1. The van der Waals surface area contributed by atoms with Gasteiger partial charge in [0.05, 0.1) is 5.69 Å². The van der Waals surface area contributed by atoms with Gasteiger partial charge in [0.15, 0.2) is 0 Å². The zero-order valence-corrected chi connectivity index (χ0v) is 13.3. The van der Waals surface area contributed by atoms with Crippen LogP contribution in [0.5, 0.6) is 5.88 Å². The first-order valence-corrected chi connectivity index (χ1v) is 7.77. The van der Waals surface area contributed by atoms with Crippen LogP contribution < -0.4 is 4.74 Å². The van der Waals surface area contributed by atoms with E-state index in [9.17, 15) is 0 Å². The third-order valence-corrected chi connectivity index (χ3v) is 3.81. The average Bonchev–Trinajstić information content (AvgIpc) is 2.47. The number of aromatic nitrogens is 2. The quantitative estimate of drug-likeness (QED) is 0.711. The molecule has 0 aromatic carbocycles. The highest BCUT2D eigenvalue weighted by molar-refractivity contribution is 6.25. The fraction of sp³-hybridized carbons (Fsp3) is 0.412. The van der Waals surface area contributed by atoms with E-state index in [1.54, 1.807) is 6.08 Å². The Labute approximate surface area is 131 Å². The summed E-state index contributed by atoms with van der Waals surface area (Å²) in [6.45, 7) is 4.22. The van der Waals surface area contributed by atoms with E-state index in [-0.39, 0.29) is 0 Å². The van der Waals surface area contributed by atoms with E-state index in [0.717, 1.165) is 30.0 Å². The standard InChI is InChI=1S/C17H21ClN2O/c1-3-14-11-16(12-14)21-17-9-8-15(19-20-17)7-6-13(2)5-4-10-18/h4-10,14,16H,3,11-12H2,1-2H3/b7-6+,10-4+,13-5-. The fourth-order valence-electron chi connectivity index (χ4n) is 2.22. The van der Waals surface area contributed by atoms with Crippen LogP contribution in [0.1, 0.15) is 38.8 Å². The first-order chi connectivity index (χ1) is 10.2. The third kappa shape index (κ3) is 5.01. The molecule has 1 aromatic heterocycles. The van der Waals surface area contributed by atoms with Gasteiger partial charge in [0.2, 0.25) is 5.88 Å². The molecule has 1 saturated carbocycles. The molecule has 0 spiro atoms. The van der Waals surface area contributed by atoms with Gasteiger partial charge in [-0.05, 0) is 37.8 Å². The number of allylic oxidation sites excluding steroid dienone is 4. The minimum Gasteiger partial charge on any atom is -0.473 e. The maximum absolute atomic E-state index is 5.78. The normalized spacial score (nSPS) is 22.7. The van der Waals surface area contributed by atoms with Gasteiger partial charge in [-0.25, -0.2) is 0 Å². The van der Waals surface area contributed by atoms with Gasteiger partial charge < -0.3 is 4.74 Å². The molecule has 0 saturated heterocycles. The Morgan fingerprint density at radius 1 is 1.38 bits per heavy atom. The van der Waals surface area contributed by atoms with Crippen LogP contribution in [-0.2, 0) is 0 Å². The molecule has 0 N–H and O–H groups in total. The summed E-state index contributed by atoms with van der Waals surface area (Å²) in [4.78, 5) is 0. The van der Waals surface area contributed by atoms with Crippen molar-refractivity contribution >= 4 is 17.7 Å². The Bertz CT molecular complexity index is 528. The molecular formula is C17H21ClN2O. The molecule has 21 heavy (non-hydrogen) atoms. The molecule has 0 atom stereocenters. The summed E-state index contributed by atoms with van der Waals surface area (Å²) in [6.07, 6.45) is 11.4. The molecular weight excluding hydrogens is 284 g/mol. The maximum Gasteiger partial charge on any atom is 0.233 e.